The Hall–Kier alpha value is -2.82. The number of aryl methyl sites for hydroxylation is 2. The molecule has 2 aliphatic rings. The highest BCUT2D eigenvalue weighted by molar-refractivity contribution is 5.90. The van der Waals surface area contributed by atoms with Gasteiger partial charge in [-0.2, -0.15) is 0 Å². The minimum atomic E-state index is -0.108. The van der Waals surface area contributed by atoms with Crippen molar-refractivity contribution in [2.45, 2.75) is 45.4 Å². The molecular formula is C27H35N3O2. The van der Waals surface area contributed by atoms with E-state index in [1.54, 1.807) is 4.90 Å². The first kappa shape index (κ1) is 22.4. The summed E-state index contributed by atoms with van der Waals surface area (Å²) in [6, 6.07) is 18.2. The van der Waals surface area contributed by atoms with E-state index in [1.807, 2.05) is 35.2 Å². The third-order valence-corrected chi connectivity index (χ3v) is 6.97. The van der Waals surface area contributed by atoms with Crippen LogP contribution in [-0.2, 0) is 11.2 Å². The molecule has 0 saturated carbocycles. The van der Waals surface area contributed by atoms with Gasteiger partial charge >= 0.3 is 6.03 Å². The third-order valence-electron chi connectivity index (χ3n) is 6.97. The summed E-state index contributed by atoms with van der Waals surface area (Å²) in [4.78, 5) is 29.7. The molecule has 170 valence electrons. The van der Waals surface area contributed by atoms with E-state index in [-0.39, 0.29) is 17.9 Å². The summed E-state index contributed by atoms with van der Waals surface area (Å²) in [6.07, 6.45) is 6.24. The molecule has 2 aromatic carbocycles. The van der Waals surface area contributed by atoms with Crippen molar-refractivity contribution in [2.75, 3.05) is 31.5 Å². The summed E-state index contributed by atoms with van der Waals surface area (Å²) in [5.74, 6) is 0.855. The van der Waals surface area contributed by atoms with Crippen molar-refractivity contribution in [3.05, 3.63) is 65.7 Å². The molecule has 2 aliphatic heterocycles. The van der Waals surface area contributed by atoms with E-state index in [1.165, 1.54) is 17.5 Å². The zero-order valence-corrected chi connectivity index (χ0v) is 19.1. The highest BCUT2D eigenvalue weighted by atomic mass is 16.2. The van der Waals surface area contributed by atoms with E-state index in [9.17, 15) is 9.59 Å². The molecule has 0 aromatic heterocycles. The lowest BCUT2D eigenvalue weighted by molar-refractivity contribution is -0.138. The monoisotopic (exact) mass is 433 g/mol. The minimum absolute atomic E-state index is 0.0746. The van der Waals surface area contributed by atoms with E-state index < -0.39 is 0 Å². The van der Waals surface area contributed by atoms with Gasteiger partial charge in [0.15, 0.2) is 0 Å². The van der Waals surface area contributed by atoms with E-state index >= 15 is 0 Å². The average molecular weight is 434 g/mol. The number of urea groups is 1. The summed E-state index contributed by atoms with van der Waals surface area (Å²) < 4.78 is 0. The lowest BCUT2D eigenvalue weighted by atomic mass is 9.89. The lowest BCUT2D eigenvalue weighted by Gasteiger charge is -2.38. The fourth-order valence-corrected chi connectivity index (χ4v) is 4.91. The van der Waals surface area contributed by atoms with Gasteiger partial charge in [-0.25, -0.2) is 4.79 Å². The van der Waals surface area contributed by atoms with Crippen LogP contribution in [0.3, 0.4) is 0 Å². The largest absolute Gasteiger partial charge is 0.342 e. The van der Waals surface area contributed by atoms with Gasteiger partial charge in [-0.3, -0.25) is 4.79 Å². The topological polar surface area (TPSA) is 52.7 Å². The van der Waals surface area contributed by atoms with Gasteiger partial charge in [0.2, 0.25) is 5.91 Å². The van der Waals surface area contributed by atoms with Crippen LogP contribution in [0.4, 0.5) is 10.5 Å². The van der Waals surface area contributed by atoms with Crippen molar-refractivity contribution < 1.29 is 9.59 Å². The highest BCUT2D eigenvalue weighted by Gasteiger charge is 2.33. The second kappa shape index (κ2) is 10.7. The van der Waals surface area contributed by atoms with Gasteiger partial charge in [-0.1, -0.05) is 48.0 Å². The Morgan fingerprint density at radius 3 is 2.34 bits per heavy atom. The number of hydrogen-bond donors (Lipinski definition) is 1. The Kier molecular flexibility index (Phi) is 7.46. The molecule has 32 heavy (non-hydrogen) atoms. The number of carbonyl (C=O) groups is 2. The lowest BCUT2D eigenvalue weighted by Crippen LogP contribution is -2.49. The van der Waals surface area contributed by atoms with Crippen molar-refractivity contribution >= 4 is 17.6 Å². The SMILES string of the molecule is Cc1ccc(CCC2CCN(C(=O)[C@H]3CCCN(C(=O)Nc4ccccc4)C3)CC2)cc1. The van der Waals surface area contributed by atoms with Crippen LogP contribution in [0, 0.1) is 18.8 Å². The standard InChI is InChI=1S/C27H35N3O2/c1-21-9-11-22(12-10-21)13-14-23-15-18-29(19-16-23)26(31)24-6-5-17-30(20-24)27(32)28-25-7-3-2-4-8-25/h2-4,7-12,23-24H,5-6,13-20H2,1H3,(H,28,32)/t24-/m0/s1. The number of carbonyl (C=O) groups excluding carboxylic acids is 2. The fourth-order valence-electron chi connectivity index (χ4n) is 4.91. The normalized spacial score (nSPS) is 19.6. The van der Waals surface area contributed by atoms with Gasteiger partial charge in [0.1, 0.15) is 0 Å². The van der Waals surface area contributed by atoms with Crippen molar-refractivity contribution in [1.82, 2.24) is 9.80 Å². The number of rotatable bonds is 5. The van der Waals surface area contributed by atoms with E-state index in [2.05, 4.69) is 36.5 Å². The van der Waals surface area contributed by atoms with Crippen molar-refractivity contribution in [1.29, 1.82) is 0 Å². The van der Waals surface area contributed by atoms with Gasteiger partial charge in [0, 0.05) is 31.9 Å². The summed E-state index contributed by atoms with van der Waals surface area (Å²) in [6.45, 7) is 5.06. The molecule has 2 heterocycles. The molecule has 0 bridgehead atoms. The molecule has 3 amide bonds. The van der Waals surface area contributed by atoms with Crippen LogP contribution < -0.4 is 5.32 Å². The number of hydrogen-bond acceptors (Lipinski definition) is 2. The van der Waals surface area contributed by atoms with Crippen molar-refractivity contribution in [3.63, 3.8) is 0 Å². The Labute approximate surface area is 191 Å². The molecule has 4 rings (SSSR count). The van der Waals surface area contributed by atoms with Gasteiger partial charge in [0.05, 0.1) is 5.92 Å². The Morgan fingerprint density at radius 2 is 1.62 bits per heavy atom. The zero-order valence-electron chi connectivity index (χ0n) is 19.1. The predicted molar refractivity (Wildman–Crippen MR) is 129 cm³/mol. The van der Waals surface area contributed by atoms with Gasteiger partial charge < -0.3 is 15.1 Å². The van der Waals surface area contributed by atoms with Crippen LogP contribution in [0.5, 0.6) is 0 Å². The number of nitrogens with one attached hydrogen (secondary N) is 1. The van der Waals surface area contributed by atoms with Crippen LogP contribution in [0.25, 0.3) is 0 Å². The van der Waals surface area contributed by atoms with E-state index in [0.29, 0.717) is 19.0 Å². The smallest absolute Gasteiger partial charge is 0.321 e. The quantitative estimate of drug-likeness (QED) is 0.712. The van der Waals surface area contributed by atoms with Gasteiger partial charge in [0.25, 0.3) is 0 Å². The Morgan fingerprint density at radius 1 is 0.906 bits per heavy atom. The number of likely N-dealkylation sites (tertiary alicyclic amines) is 2. The molecular weight excluding hydrogens is 398 g/mol. The average Bonchev–Trinajstić information content (AvgIpc) is 2.84. The molecule has 1 N–H and O–H groups in total. The molecule has 5 heteroatoms. The molecule has 0 radical (unpaired) electrons. The Balaban J connectivity index is 1.22. The number of benzene rings is 2. The summed E-state index contributed by atoms with van der Waals surface area (Å²) >= 11 is 0. The molecule has 5 nitrogen and oxygen atoms in total. The third kappa shape index (κ3) is 5.90. The number of anilines is 1. The van der Waals surface area contributed by atoms with E-state index in [0.717, 1.165) is 50.9 Å². The van der Waals surface area contributed by atoms with Gasteiger partial charge in [-0.15, -0.1) is 0 Å². The van der Waals surface area contributed by atoms with Crippen LogP contribution in [0.15, 0.2) is 54.6 Å². The molecule has 1 atom stereocenters. The molecule has 2 aromatic rings. The Bertz CT molecular complexity index is 889. The number of piperidine rings is 2. The van der Waals surface area contributed by atoms with Crippen molar-refractivity contribution in [3.8, 4) is 0 Å². The van der Waals surface area contributed by atoms with Crippen molar-refractivity contribution in [2.24, 2.45) is 11.8 Å². The van der Waals surface area contributed by atoms with Crippen LogP contribution >= 0.6 is 0 Å². The first-order chi connectivity index (χ1) is 15.6. The second-order valence-electron chi connectivity index (χ2n) is 9.37. The number of nitrogens with zero attached hydrogens (tertiary/aromatic N) is 2. The maximum Gasteiger partial charge on any atom is 0.321 e. The first-order valence-electron chi connectivity index (χ1n) is 12.0. The fraction of sp³-hybridized carbons (Fsp3) is 0.481. The minimum Gasteiger partial charge on any atom is -0.342 e. The second-order valence-corrected chi connectivity index (χ2v) is 9.37. The summed E-state index contributed by atoms with van der Waals surface area (Å²) in [7, 11) is 0. The van der Waals surface area contributed by atoms with Crippen LogP contribution in [0.1, 0.15) is 43.2 Å². The van der Waals surface area contributed by atoms with Gasteiger partial charge in [-0.05, 0) is 69.1 Å². The maximum atomic E-state index is 13.2. The maximum absolute atomic E-state index is 13.2. The van der Waals surface area contributed by atoms with Crippen LogP contribution in [-0.4, -0.2) is 47.9 Å². The molecule has 2 saturated heterocycles. The first-order valence-corrected chi connectivity index (χ1v) is 12.0. The van der Waals surface area contributed by atoms with Crippen LogP contribution in [0.2, 0.25) is 0 Å². The highest BCUT2D eigenvalue weighted by Crippen LogP contribution is 2.26. The zero-order chi connectivity index (χ0) is 22.3. The number of para-hydroxylation sites is 1. The van der Waals surface area contributed by atoms with E-state index in [4.69, 9.17) is 0 Å². The molecule has 0 aliphatic carbocycles. The molecule has 0 spiro atoms. The molecule has 2 fully saturated rings. The molecule has 0 unspecified atom stereocenters. The summed E-state index contributed by atoms with van der Waals surface area (Å²) in [5, 5.41) is 2.95. The summed E-state index contributed by atoms with van der Waals surface area (Å²) in [5.41, 5.74) is 3.50. The number of amides is 3. The predicted octanol–water partition coefficient (Wildman–Crippen LogP) is 5.11.